The fourth-order valence-corrected chi connectivity index (χ4v) is 1.98. The lowest BCUT2D eigenvalue weighted by atomic mass is 10.2. The van der Waals surface area contributed by atoms with Crippen LogP contribution < -0.4 is 5.32 Å². The second-order valence-corrected chi connectivity index (χ2v) is 4.79. The third-order valence-corrected chi connectivity index (χ3v) is 3.00. The first-order valence-corrected chi connectivity index (χ1v) is 6.38. The average molecular weight is 309 g/mol. The van der Waals surface area contributed by atoms with Gasteiger partial charge in [0.05, 0.1) is 0 Å². The second-order valence-electron chi connectivity index (χ2n) is 3.87. The minimum Gasteiger partial charge on any atom is -0.319 e. The van der Waals surface area contributed by atoms with Crippen molar-refractivity contribution < 1.29 is 4.79 Å². The summed E-state index contributed by atoms with van der Waals surface area (Å²) in [4.78, 5) is 16.0. The van der Waals surface area contributed by atoms with E-state index in [1.54, 1.807) is 0 Å². The van der Waals surface area contributed by atoms with E-state index >= 15 is 0 Å². The van der Waals surface area contributed by atoms with Gasteiger partial charge in [0.25, 0.3) is 5.91 Å². The summed E-state index contributed by atoms with van der Waals surface area (Å²) in [5, 5.41) is 9.38. The number of anilines is 1. The predicted molar refractivity (Wildman–Crippen MR) is 72.6 cm³/mol. The summed E-state index contributed by atoms with van der Waals surface area (Å²) < 4.78 is 0.976. The number of H-pyrrole nitrogens is 1. The molecule has 2 aromatic rings. The monoisotopic (exact) mass is 308 g/mol. The molecule has 0 radical (unpaired) electrons. The topological polar surface area (TPSA) is 70.7 Å². The number of hydrogen-bond acceptors (Lipinski definition) is 3. The summed E-state index contributed by atoms with van der Waals surface area (Å²) in [5.74, 6) is 0.554. The van der Waals surface area contributed by atoms with E-state index in [0.717, 1.165) is 22.1 Å². The summed E-state index contributed by atoms with van der Waals surface area (Å²) in [6.07, 6.45) is 0.720. The number of benzene rings is 1. The zero-order valence-corrected chi connectivity index (χ0v) is 11.7. The summed E-state index contributed by atoms with van der Waals surface area (Å²) in [6.45, 7) is 3.87. The maximum Gasteiger partial charge on any atom is 0.295 e. The summed E-state index contributed by atoms with van der Waals surface area (Å²) in [7, 11) is 0. The zero-order chi connectivity index (χ0) is 13.1. The van der Waals surface area contributed by atoms with E-state index in [4.69, 9.17) is 0 Å². The molecule has 0 fully saturated rings. The normalized spacial score (nSPS) is 10.4. The van der Waals surface area contributed by atoms with Gasteiger partial charge >= 0.3 is 0 Å². The molecule has 5 nitrogen and oxygen atoms in total. The number of hydrogen-bond donors (Lipinski definition) is 2. The molecule has 2 rings (SSSR count). The van der Waals surface area contributed by atoms with E-state index in [2.05, 4.69) is 36.4 Å². The molecule has 2 N–H and O–H groups in total. The SMILES string of the molecule is CCc1nc(C(=O)Nc2ccc(Br)cc2C)n[nH]1. The molecule has 0 unspecified atom stereocenters. The number of carbonyl (C=O) groups is 1. The van der Waals surface area contributed by atoms with Crippen LogP contribution in [0.3, 0.4) is 0 Å². The molecule has 1 heterocycles. The van der Waals surface area contributed by atoms with Crippen LogP contribution in [0.5, 0.6) is 0 Å². The van der Waals surface area contributed by atoms with Gasteiger partial charge in [-0.2, -0.15) is 0 Å². The first-order valence-electron chi connectivity index (χ1n) is 5.59. The largest absolute Gasteiger partial charge is 0.319 e. The van der Waals surface area contributed by atoms with Crippen molar-refractivity contribution in [1.82, 2.24) is 15.2 Å². The predicted octanol–water partition coefficient (Wildman–Crippen LogP) is 2.69. The summed E-state index contributed by atoms with van der Waals surface area (Å²) in [6, 6.07) is 5.65. The van der Waals surface area contributed by atoms with Crippen molar-refractivity contribution in [3.8, 4) is 0 Å². The number of amides is 1. The molecule has 18 heavy (non-hydrogen) atoms. The van der Waals surface area contributed by atoms with Gasteiger partial charge in [0, 0.05) is 16.6 Å². The Kier molecular flexibility index (Phi) is 3.76. The number of aromatic nitrogens is 3. The maximum absolute atomic E-state index is 11.9. The van der Waals surface area contributed by atoms with Gasteiger partial charge in [-0.25, -0.2) is 4.98 Å². The van der Waals surface area contributed by atoms with Crippen LogP contribution in [-0.2, 0) is 6.42 Å². The van der Waals surface area contributed by atoms with Gasteiger partial charge in [-0.3, -0.25) is 9.89 Å². The Morgan fingerprint density at radius 3 is 2.89 bits per heavy atom. The van der Waals surface area contributed by atoms with Crippen LogP contribution >= 0.6 is 15.9 Å². The van der Waals surface area contributed by atoms with Crippen LogP contribution in [0.25, 0.3) is 0 Å². The van der Waals surface area contributed by atoms with Gasteiger partial charge in [-0.05, 0) is 30.7 Å². The van der Waals surface area contributed by atoms with Crippen LogP contribution in [0.15, 0.2) is 22.7 Å². The lowest BCUT2D eigenvalue weighted by molar-refractivity contribution is 0.101. The molecule has 0 saturated carbocycles. The van der Waals surface area contributed by atoms with Gasteiger partial charge in [-0.1, -0.05) is 22.9 Å². The number of carbonyl (C=O) groups excluding carboxylic acids is 1. The quantitative estimate of drug-likeness (QED) is 0.916. The van der Waals surface area contributed by atoms with E-state index in [9.17, 15) is 4.79 Å². The molecule has 0 aliphatic carbocycles. The lowest BCUT2D eigenvalue weighted by Gasteiger charge is -2.06. The van der Waals surface area contributed by atoms with Crippen molar-refractivity contribution in [3.63, 3.8) is 0 Å². The van der Waals surface area contributed by atoms with E-state index in [0.29, 0.717) is 5.82 Å². The van der Waals surface area contributed by atoms with Crippen molar-refractivity contribution in [3.05, 3.63) is 39.9 Å². The van der Waals surface area contributed by atoms with Gasteiger partial charge in [0.15, 0.2) is 0 Å². The number of rotatable bonds is 3. The molecular weight excluding hydrogens is 296 g/mol. The zero-order valence-electron chi connectivity index (χ0n) is 10.1. The Morgan fingerprint density at radius 1 is 1.50 bits per heavy atom. The first kappa shape index (κ1) is 12.8. The molecule has 0 bridgehead atoms. The fraction of sp³-hybridized carbons (Fsp3) is 0.250. The number of aryl methyl sites for hydroxylation is 2. The number of halogens is 1. The van der Waals surface area contributed by atoms with Gasteiger partial charge in [0.2, 0.25) is 5.82 Å². The van der Waals surface area contributed by atoms with Crippen LogP contribution in [0.4, 0.5) is 5.69 Å². The van der Waals surface area contributed by atoms with E-state index in [1.165, 1.54) is 0 Å². The summed E-state index contributed by atoms with van der Waals surface area (Å²) >= 11 is 3.38. The van der Waals surface area contributed by atoms with Crippen molar-refractivity contribution in [2.45, 2.75) is 20.3 Å². The maximum atomic E-state index is 11.9. The lowest BCUT2D eigenvalue weighted by Crippen LogP contribution is -2.14. The highest BCUT2D eigenvalue weighted by molar-refractivity contribution is 9.10. The molecule has 0 spiro atoms. The summed E-state index contributed by atoms with van der Waals surface area (Å²) in [5.41, 5.74) is 1.73. The second kappa shape index (κ2) is 5.30. The molecule has 1 aromatic carbocycles. The van der Waals surface area contributed by atoms with Crippen molar-refractivity contribution in [1.29, 1.82) is 0 Å². The molecule has 0 saturated heterocycles. The molecule has 94 valence electrons. The number of nitrogens with zero attached hydrogens (tertiary/aromatic N) is 2. The van der Waals surface area contributed by atoms with E-state index in [-0.39, 0.29) is 11.7 Å². The van der Waals surface area contributed by atoms with Crippen LogP contribution in [-0.4, -0.2) is 21.1 Å². The van der Waals surface area contributed by atoms with Gasteiger partial charge in [0.1, 0.15) is 5.82 Å². The van der Waals surface area contributed by atoms with E-state index < -0.39 is 0 Å². The number of nitrogens with one attached hydrogen (secondary N) is 2. The molecule has 1 aromatic heterocycles. The minimum atomic E-state index is -0.309. The Bertz CT molecular complexity index is 579. The fourth-order valence-electron chi connectivity index (χ4n) is 1.50. The molecule has 0 atom stereocenters. The third kappa shape index (κ3) is 2.76. The van der Waals surface area contributed by atoms with E-state index in [1.807, 2.05) is 32.0 Å². The first-order chi connectivity index (χ1) is 8.60. The van der Waals surface area contributed by atoms with Crippen LogP contribution in [0, 0.1) is 6.92 Å². The molecular formula is C12H13BrN4O. The molecule has 0 aliphatic heterocycles. The smallest absolute Gasteiger partial charge is 0.295 e. The molecule has 6 heteroatoms. The van der Waals surface area contributed by atoms with Crippen LogP contribution in [0.2, 0.25) is 0 Å². The van der Waals surface area contributed by atoms with Gasteiger partial charge in [-0.15, -0.1) is 5.10 Å². The third-order valence-electron chi connectivity index (χ3n) is 2.51. The Balaban J connectivity index is 2.16. The van der Waals surface area contributed by atoms with Crippen molar-refractivity contribution in [2.75, 3.05) is 5.32 Å². The highest BCUT2D eigenvalue weighted by Crippen LogP contribution is 2.20. The Morgan fingerprint density at radius 2 is 2.28 bits per heavy atom. The van der Waals surface area contributed by atoms with Crippen molar-refractivity contribution in [2.24, 2.45) is 0 Å². The molecule has 1 amide bonds. The average Bonchev–Trinajstić information content (AvgIpc) is 2.81. The van der Waals surface area contributed by atoms with Crippen LogP contribution in [0.1, 0.15) is 28.9 Å². The minimum absolute atomic E-state index is 0.161. The standard InChI is InChI=1S/C12H13BrN4O/c1-3-10-15-11(17-16-10)12(18)14-9-5-4-8(13)6-7(9)2/h4-6H,3H2,1-2H3,(H,14,18)(H,15,16,17). The van der Waals surface area contributed by atoms with Crippen molar-refractivity contribution >= 4 is 27.5 Å². The Labute approximate surface area is 113 Å². The highest BCUT2D eigenvalue weighted by atomic mass is 79.9. The number of aromatic amines is 1. The highest BCUT2D eigenvalue weighted by Gasteiger charge is 2.13. The van der Waals surface area contributed by atoms with Gasteiger partial charge < -0.3 is 5.32 Å². The Hall–Kier alpha value is -1.69. The molecule has 0 aliphatic rings.